The molecule has 1 saturated carbocycles. The molecular formula is C20H31NO3. The highest BCUT2D eigenvalue weighted by Gasteiger charge is 2.47. The molecule has 2 aliphatic carbocycles. The maximum Gasteiger partial charge on any atom is 0.222 e. The zero-order valence-corrected chi connectivity index (χ0v) is 15.2. The van der Waals surface area contributed by atoms with Crippen LogP contribution in [-0.2, 0) is 4.79 Å². The van der Waals surface area contributed by atoms with Gasteiger partial charge in [-0.3, -0.25) is 4.79 Å². The molecule has 4 nitrogen and oxygen atoms in total. The maximum absolute atomic E-state index is 11.6. The van der Waals surface area contributed by atoms with Crippen LogP contribution in [0.15, 0.2) is 11.6 Å². The number of carbonyl (C=O) groups is 1. The van der Waals surface area contributed by atoms with Gasteiger partial charge in [0.2, 0.25) is 5.91 Å². The van der Waals surface area contributed by atoms with E-state index in [1.54, 1.807) is 19.0 Å². The number of allylic oxidation sites excluding steroid dienone is 2. The molecule has 0 aliphatic heterocycles. The molecule has 5 atom stereocenters. The second-order valence-corrected chi connectivity index (χ2v) is 7.35. The van der Waals surface area contributed by atoms with Gasteiger partial charge < -0.3 is 15.1 Å². The second kappa shape index (κ2) is 8.69. The molecule has 2 rings (SSSR count). The molecule has 0 radical (unpaired) electrons. The van der Waals surface area contributed by atoms with Crippen molar-refractivity contribution >= 4 is 5.91 Å². The van der Waals surface area contributed by atoms with Gasteiger partial charge in [-0.2, -0.15) is 0 Å². The van der Waals surface area contributed by atoms with Crippen molar-refractivity contribution in [2.24, 2.45) is 17.8 Å². The average molecular weight is 333 g/mol. The highest BCUT2D eigenvalue weighted by molar-refractivity contribution is 5.75. The van der Waals surface area contributed by atoms with E-state index in [1.807, 2.05) is 6.92 Å². The number of aliphatic hydroxyl groups excluding tert-OH is 2. The fourth-order valence-electron chi connectivity index (χ4n) is 4.12. The van der Waals surface area contributed by atoms with Gasteiger partial charge in [0.15, 0.2) is 0 Å². The third-order valence-electron chi connectivity index (χ3n) is 5.38. The zero-order chi connectivity index (χ0) is 17.7. The number of amides is 1. The van der Waals surface area contributed by atoms with Crippen molar-refractivity contribution in [1.82, 2.24) is 4.90 Å². The maximum atomic E-state index is 11.6. The number of nitrogens with zero attached hydrogens (tertiary/aromatic N) is 1. The summed E-state index contributed by atoms with van der Waals surface area (Å²) in [6.45, 7) is 1.96. The number of hydrogen-bond acceptors (Lipinski definition) is 3. The topological polar surface area (TPSA) is 60.8 Å². The summed E-state index contributed by atoms with van der Waals surface area (Å²) in [5, 5.41) is 20.6. The highest BCUT2D eigenvalue weighted by atomic mass is 16.3. The summed E-state index contributed by atoms with van der Waals surface area (Å²) in [7, 11) is 3.59. The number of hydrogen-bond donors (Lipinski definition) is 2. The minimum absolute atomic E-state index is 0.127. The highest BCUT2D eigenvalue weighted by Crippen LogP contribution is 2.48. The molecule has 134 valence electrons. The SMILES string of the molecule is CCC#C[C@H](O)[C@@H]1[C@H]2CC(CCCCC(=O)N(C)C)=C[C@H]2C[C@H]1O. The van der Waals surface area contributed by atoms with Crippen molar-refractivity contribution in [1.29, 1.82) is 0 Å². The van der Waals surface area contributed by atoms with E-state index in [4.69, 9.17) is 0 Å². The molecule has 0 aromatic rings. The number of aliphatic hydroxyl groups is 2. The van der Waals surface area contributed by atoms with E-state index in [1.165, 1.54) is 5.57 Å². The van der Waals surface area contributed by atoms with Gasteiger partial charge >= 0.3 is 0 Å². The Morgan fingerprint density at radius 3 is 2.83 bits per heavy atom. The van der Waals surface area contributed by atoms with Gasteiger partial charge in [0.1, 0.15) is 6.10 Å². The van der Waals surface area contributed by atoms with Gasteiger partial charge in [-0.1, -0.05) is 24.5 Å². The number of carbonyl (C=O) groups excluding carboxylic acids is 1. The van der Waals surface area contributed by atoms with Crippen molar-refractivity contribution in [2.75, 3.05) is 14.1 Å². The van der Waals surface area contributed by atoms with E-state index in [2.05, 4.69) is 17.9 Å². The van der Waals surface area contributed by atoms with E-state index in [0.29, 0.717) is 18.3 Å². The summed E-state index contributed by atoms with van der Waals surface area (Å²) < 4.78 is 0. The summed E-state index contributed by atoms with van der Waals surface area (Å²) in [5.41, 5.74) is 1.43. The first kappa shape index (κ1) is 19.0. The monoisotopic (exact) mass is 333 g/mol. The summed E-state index contributed by atoms with van der Waals surface area (Å²) in [6.07, 6.45) is 7.13. The number of fused-ring (bicyclic) bond motifs is 1. The normalized spacial score (nSPS) is 29.5. The van der Waals surface area contributed by atoms with Crippen molar-refractivity contribution in [3.8, 4) is 11.8 Å². The Labute approximate surface area is 145 Å². The quantitative estimate of drug-likeness (QED) is 0.446. The van der Waals surface area contributed by atoms with Crippen LogP contribution in [0.2, 0.25) is 0 Å². The molecule has 1 fully saturated rings. The Morgan fingerprint density at radius 2 is 2.17 bits per heavy atom. The molecular weight excluding hydrogens is 302 g/mol. The summed E-state index contributed by atoms with van der Waals surface area (Å²) in [4.78, 5) is 13.2. The van der Waals surface area contributed by atoms with Crippen LogP contribution in [-0.4, -0.2) is 47.3 Å². The minimum atomic E-state index is -0.722. The first-order valence-electron chi connectivity index (χ1n) is 9.18. The molecule has 0 unspecified atom stereocenters. The van der Waals surface area contributed by atoms with Gasteiger partial charge in [-0.25, -0.2) is 0 Å². The molecule has 0 spiro atoms. The van der Waals surface area contributed by atoms with E-state index in [-0.39, 0.29) is 11.8 Å². The Morgan fingerprint density at radius 1 is 1.42 bits per heavy atom. The number of rotatable bonds is 6. The van der Waals surface area contributed by atoms with E-state index in [9.17, 15) is 15.0 Å². The van der Waals surface area contributed by atoms with Crippen molar-refractivity contribution in [3.05, 3.63) is 11.6 Å². The van der Waals surface area contributed by atoms with Gasteiger partial charge in [-0.05, 0) is 43.9 Å². The number of unbranched alkanes of at least 4 members (excludes halogenated alkanes) is 1. The van der Waals surface area contributed by atoms with Crippen LogP contribution in [0.4, 0.5) is 0 Å². The third-order valence-corrected chi connectivity index (χ3v) is 5.38. The largest absolute Gasteiger partial charge is 0.393 e. The predicted molar refractivity (Wildman–Crippen MR) is 95.0 cm³/mol. The lowest BCUT2D eigenvalue weighted by Gasteiger charge is -2.23. The first-order chi connectivity index (χ1) is 11.4. The standard InChI is InChI=1S/C20H31NO3/c1-4-5-9-17(22)20-16-12-14(11-15(16)13-18(20)23)8-6-7-10-19(24)21(2)3/h11,15-18,20,22-23H,4,6-8,10,12-13H2,1-3H3/t15-,16-,17-,18+,20-/m0/s1. The lowest BCUT2D eigenvalue weighted by molar-refractivity contribution is -0.128. The van der Waals surface area contributed by atoms with Crippen LogP contribution in [0.3, 0.4) is 0 Å². The fraction of sp³-hybridized carbons (Fsp3) is 0.750. The van der Waals surface area contributed by atoms with Gasteiger partial charge in [0.25, 0.3) is 0 Å². The van der Waals surface area contributed by atoms with Crippen LogP contribution in [0.1, 0.15) is 51.9 Å². The molecule has 2 N–H and O–H groups in total. The summed E-state index contributed by atoms with van der Waals surface area (Å²) in [6, 6.07) is 0. The molecule has 4 heteroatoms. The summed E-state index contributed by atoms with van der Waals surface area (Å²) >= 11 is 0. The Kier molecular flexibility index (Phi) is 6.89. The third kappa shape index (κ3) is 4.62. The van der Waals surface area contributed by atoms with Crippen molar-refractivity contribution in [3.63, 3.8) is 0 Å². The van der Waals surface area contributed by atoms with Gasteiger partial charge in [0, 0.05) is 32.9 Å². The lowest BCUT2D eigenvalue weighted by atomic mass is 9.85. The molecule has 24 heavy (non-hydrogen) atoms. The fourth-order valence-corrected chi connectivity index (χ4v) is 4.12. The van der Waals surface area contributed by atoms with Crippen molar-refractivity contribution < 1.29 is 15.0 Å². The van der Waals surface area contributed by atoms with Crippen LogP contribution >= 0.6 is 0 Å². The van der Waals surface area contributed by atoms with E-state index in [0.717, 1.165) is 38.5 Å². The van der Waals surface area contributed by atoms with Crippen molar-refractivity contribution in [2.45, 2.75) is 64.1 Å². The predicted octanol–water partition coefficient (Wildman–Crippen LogP) is 2.35. The van der Waals surface area contributed by atoms with Crippen LogP contribution in [0, 0.1) is 29.6 Å². The van der Waals surface area contributed by atoms with E-state index < -0.39 is 12.2 Å². The molecule has 0 heterocycles. The molecule has 0 aromatic carbocycles. The van der Waals surface area contributed by atoms with Crippen LogP contribution in [0.5, 0.6) is 0 Å². The van der Waals surface area contributed by atoms with E-state index >= 15 is 0 Å². The molecule has 0 bridgehead atoms. The molecule has 2 aliphatic rings. The molecule has 0 saturated heterocycles. The minimum Gasteiger partial charge on any atom is -0.393 e. The van der Waals surface area contributed by atoms with Crippen LogP contribution < -0.4 is 0 Å². The Bertz CT molecular complexity index is 529. The van der Waals surface area contributed by atoms with Crippen LogP contribution in [0.25, 0.3) is 0 Å². The lowest BCUT2D eigenvalue weighted by Crippen LogP contribution is -2.31. The molecule has 1 amide bonds. The molecule has 0 aromatic heterocycles. The van der Waals surface area contributed by atoms with Gasteiger partial charge in [-0.15, -0.1) is 5.92 Å². The zero-order valence-electron chi connectivity index (χ0n) is 15.2. The smallest absolute Gasteiger partial charge is 0.222 e. The summed E-state index contributed by atoms with van der Waals surface area (Å²) in [5.74, 6) is 6.58. The Balaban J connectivity index is 1.82. The second-order valence-electron chi connectivity index (χ2n) is 7.35. The Hall–Kier alpha value is -1.31. The first-order valence-corrected chi connectivity index (χ1v) is 9.18. The van der Waals surface area contributed by atoms with Gasteiger partial charge in [0.05, 0.1) is 6.10 Å². The average Bonchev–Trinajstić information content (AvgIpc) is 3.04.